The minimum absolute atomic E-state index is 0.170. The van der Waals surface area contributed by atoms with Gasteiger partial charge in [-0.2, -0.15) is 0 Å². The van der Waals surface area contributed by atoms with Gasteiger partial charge in [0.15, 0.2) is 5.13 Å². The molecule has 116 valence electrons. The zero-order valence-electron chi connectivity index (χ0n) is 11.9. The zero-order chi connectivity index (χ0) is 16.2. The number of rotatable bonds is 4. The fourth-order valence-electron chi connectivity index (χ4n) is 2.05. The van der Waals surface area contributed by atoms with E-state index in [-0.39, 0.29) is 5.91 Å². The van der Waals surface area contributed by atoms with Crippen molar-refractivity contribution < 1.29 is 4.79 Å². The molecule has 0 spiro atoms. The number of hydrogen-bond donors (Lipinski definition) is 1. The molecule has 2 aromatic carbocycles. The number of hydrogen-bond acceptors (Lipinski definition) is 3. The average Bonchev–Trinajstić information content (AvgIpc) is 2.97. The van der Waals surface area contributed by atoms with Gasteiger partial charge in [-0.05, 0) is 35.9 Å². The Balaban J connectivity index is 1.68. The van der Waals surface area contributed by atoms with E-state index in [9.17, 15) is 4.79 Å². The summed E-state index contributed by atoms with van der Waals surface area (Å²) in [6, 6.07) is 14.9. The highest BCUT2D eigenvalue weighted by Gasteiger charge is 2.10. The molecule has 1 aromatic heterocycles. The molecule has 0 bridgehead atoms. The van der Waals surface area contributed by atoms with Crippen molar-refractivity contribution in [3.8, 4) is 0 Å². The second kappa shape index (κ2) is 7.25. The molecule has 0 aliphatic rings. The van der Waals surface area contributed by atoms with E-state index in [1.807, 2.05) is 36.4 Å². The van der Waals surface area contributed by atoms with Crippen LogP contribution < -0.4 is 5.32 Å². The molecule has 1 N–H and O–H groups in total. The van der Waals surface area contributed by atoms with Crippen LogP contribution in [0.2, 0.25) is 5.02 Å². The smallest absolute Gasteiger partial charge is 0.257 e. The van der Waals surface area contributed by atoms with Crippen molar-refractivity contribution in [2.24, 2.45) is 0 Å². The lowest BCUT2D eigenvalue weighted by Gasteiger charge is -2.02. The second-order valence-corrected chi connectivity index (χ2v) is 7.30. The topological polar surface area (TPSA) is 42.0 Å². The molecule has 0 saturated carbocycles. The van der Waals surface area contributed by atoms with Gasteiger partial charge in [-0.1, -0.05) is 45.7 Å². The molecule has 23 heavy (non-hydrogen) atoms. The van der Waals surface area contributed by atoms with Crippen LogP contribution in [0.5, 0.6) is 0 Å². The Labute approximate surface area is 151 Å². The Bertz CT molecular complexity index is 833. The highest BCUT2D eigenvalue weighted by Crippen LogP contribution is 2.25. The Morgan fingerprint density at radius 1 is 1.17 bits per heavy atom. The predicted octanol–water partition coefficient (Wildman–Crippen LogP) is 5.40. The van der Waals surface area contributed by atoms with Gasteiger partial charge in [0.1, 0.15) is 0 Å². The van der Waals surface area contributed by atoms with Crippen LogP contribution in [0, 0.1) is 0 Å². The lowest BCUT2D eigenvalue weighted by atomic mass is 10.1. The van der Waals surface area contributed by atoms with Crippen LogP contribution in [0.15, 0.2) is 59.2 Å². The summed E-state index contributed by atoms with van der Waals surface area (Å²) >= 11 is 11.0. The van der Waals surface area contributed by atoms with Crippen LogP contribution in [-0.2, 0) is 6.42 Å². The number of nitrogens with one attached hydrogen (secondary N) is 1. The molecule has 1 amide bonds. The normalized spacial score (nSPS) is 10.5. The van der Waals surface area contributed by atoms with Gasteiger partial charge < -0.3 is 0 Å². The summed E-state index contributed by atoms with van der Waals surface area (Å²) in [4.78, 5) is 17.5. The molecule has 0 atom stereocenters. The SMILES string of the molecule is O=C(Nc1ncc(Cc2ccccc2Cl)s1)c1ccc(Br)cc1. The fraction of sp³-hybridized carbons (Fsp3) is 0.0588. The van der Waals surface area contributed by atoms with Crippen LogP contribution in [-0.4, -0.2) is 10.9 Å². The number of aromatic nitrogens is 1. The first kappa shape index (κ1) is 16.2. The summed E-state index contributed by atoms with van der Waals surface area (Å²) < 4.78 is 0.935. The van der Waals surface area contributed by atoms with Gasteiger partial charge in [0.05, 0.1) is 0 Å². The van der Waals surface area contributed by atoms with Gasteiger partial charge in [-0.25, -0.2) is 4.98 Å². The molecule has 0 aliphatic heterocycles. The van der Waals surface area contributed by atoms with E-state index in [0.717, 1.165) is 19.9 Å². The van der Waals surface area contributed by atoms with Gasteiger partial charge in [-0.3, -0.25) is 10.1 Å². The Morgan fingerprint density at radius 2 is 1.91 bits per heavy atom. The van der Waals surface area contributed by atoms with E-state index in [4.69, 9.17) is 11.6 Å². The van der Waals surface area contributed by atoms with Crippen molar-refractivity contribution in [1.29, 1.82) is 0 Å². The maximum absolute atomic E-state index is 12.2. The number of amides is 1. The first-order valence-corrected chi connectivity index (χ1v) is 8.85. The third-order valence-electron chi connectivity index (χ3n) is 3.20. The molecule has 3 nitrogen and oxygen atoms in total. The maximum atomic E-state index is 12.2. The van der Waals surface area contributed by atoms with Gasteiger partial charge in [0.25, 0.3) is 5.91 Å². The van der Waals surface area contributed by atoms with Crippen molar-refractivity contribution in [1.82, 2.24) is 4.98 Å². The summed E-state index contributed by atoms with van der Waals surface area (Å²) in [6.07, 6.45) is 2.47. The highest BCUT2D eigenvalue weighted by atomic mass is 79.9. The fourth-order valence-corrected chi connectivity index (χ4v) is 3.34. The number of halogens is 2. The van der Waals surface area contributed by atoms with Crippen molar-refractivity contribution in [2.45, 2.75) is 6.42 Å². The van der Waals surface area contributed by atoms with Gasteiger partial charge in [0.2, 0.25) is 0 Å². The van der Waals surface area contributed by atoms with Crippen molar-refractivity contribution >= 4 is 49.9 Å². The van der Waals surface area contributed by atoms with Gasteiger partial charge in [-0.15, -0.1) is 11.3 Å². The van der Waals surface area contributed by atoms with Crippen molar-refractivity contribution in [3.05, 3.63) is 80.2 Å². The number of anilines is 1. The Hall–Kier alpha value is -1.69. The molecule has 3 rings (SSSR count). The van der Waals surface area contributed by atoms with Crippen LogP contribution >= 0.6 is 38.9 Å². The number of nitrogens with zero attached hydrogens (tertiary/aromatic N) is 1. The third-order valence-corrected chi connectivity index (χ3v) is 5.01. The van der Waals surface area contributed by atoms with Crippen LogP contribution in [0.25, 0.3) is 0 Å². The quantitative estimate of drug-likeness (QED) is 0.629. The molecule has 3 aromatic rings. The summed E-state index contributed by atoms with van der Waals surface area (Å²) in [5.74, 6) is -0.170. The molecule has 1 heterocycles. The van der Waals surface area contributed by atoms with Crippen LogP contribution in [0.3, 0.4) is 0 Å². The van der Waals surface area contributed by atoms with Crippen molar-refractivity contribution in [3.63, 3.8) is 0 Å². The summed E-state index contributed by atoms with van der Waals surface area (Å²) in [6.45, 7) is 0. The first-order chi connectivity index (χ1) is 11.1. The standard InChI is InChI=1S/C17H12BrClN2OS/c18-13-7-5-11(6-8-13)16(22)21-17-20-10-14(23-17)9-12-3-1-2-4-15(12)19/h1-8,10H,9H2,(H,20,21,22). The highest BCUT2D eigenvalue weighted by molar-refractivity contribution is 9.10. The lowest BCUT2D eigenvalue weighted by molar-refractivity contribution is 0.102. The molecule has 0 radical (unpaired) electrons. The number of carbonyl (C=O) groups is 1. The zero-order valence-corrected chi connectivity index (χ0v) is 15.1. The van der Waals surface area contributed by atoms with Crippen molar-refractivity contribution in [2.75, 3.05) is 5.32 Å². The summed E-state index contributed by atoms with van der Waals surface area (Å²) in [5.41, 5.74) is 1.64. The number of carbonyl (C=O) groups excluding carboxylic acids is 1. The van der Waals surface area contributed by atoms with Crippen LogP contribution in [0.1, 0.15) is 20.8 Å². The second-order valence-electron chi connectivity index (χ2n) is 4.86. The minimum atomic E-state index is -0.170. The molecule has 0 fully saturated rings. The minimum Gasteiger partial charge on any atom is -0.298 e. The van der Waals surface area contributed by atoms with E-state index in [2.05, 4.69) is 26.2 Å². The largest absolute Gasteiger partial charge is 0.298 e. The molecular weight excluding hydrogens is 396 g/mol. The van der Waals surface area contributed by atoms with Crippen LogP contribution in [0.4, 0.5) is 5.13 Å². The molecule has 0 unspecified atom stereocenters. The molecule has 0 saturated heterocycles. The number of benzene rings is 2. The monoisotopic (exact) mass is 406 g/mol. The Kier molecular flexibility index (Phi) is 5.10. The third kappa shape index (κ3) is 4.19. The van der Waals surface area contributed by atoms with E-state index < -0.39 is 0 Å². The van der Waals surface area contributed by atoms with E-state index in [0.29, 0.717) is 17.1 Å². The van der Waals surface area contributed by atoms with E-state index in [1.54, 1.807) is 18.3 Å². The summed E-state index contributed by atoms with van der Waals surface area (Å²) in [7, 11) is 0. The first-order valence-electron chi connectivity index (χ1n) is 6.87. The molecule has 0 aliphatic carbocycles. The van der Waals surface area contributed by atoms with Gasteiger partial charge >= 0.3 is 0 Å². The van der Waals surface area contributed by atoms with Gasteiger partial charge in [0, 0.05) is 32.6 Å². The average molecular weight is 408 g/mol. The number of thiazole rings is 1. The molecular formula is C17H12BrClN2OS. The Morgan fingerprint density at radius 3 is 2.65 bits per heavy atom. The molecule has 6 heteroatoms. The lowest BCUT2D eigenvalue weighted by Crippen LogP contribution is -2.11. The summed E-state index contributed by atoms with van der Waals surface area (Å²) in [5, 5.41) is 4.14. The maximum Gasteiger partial charge on any atom is 0.257 e. The van der Waals surface area contributed by atoms with E-state index in [1.165, 1.54) is 11.3 Å². The van der Waals surface area contributed by atoms with E-state index >= 15 is 0 Å². The predicted molar refractivity (Wildman–Crippen MR) is 98.5 cm³/mol.